The van der Waals surface area contributed by atoms with Crippen molar-refractivity contribution in [2.45, 2.75) is 27.7 Å². The molecule has 0 N–H and O–H groups in total. The van der Waals surface area contributed by atoms with Gasteiger partial charge >= 0.3 is 18.8 Å². The highest BCUT2D eigenvalue weighted by molar-refractivity contribution is 6.50. The zero-order valence-electron chi connectivity index (χ0n) is 12.4. The molecule has 0 aliphatic carbocycles. The number of aryl methyl sites for hydroxylation is 2. The van der Waals surface area contributed by atoms with Crippen LogP contribution in [0.2, 0.25) is 0 Å². The van der Waals surface area contributed by atoms with Gasteiger partial charge in [0.2, 0.25) is 0 Å². The Kier molecular flexibility index (Phi) is 5.52. The van der Waals surface area contributed by atoms with Crippen molar-refractivity contribution in [3.05, 3.63) is 53.0 Å². The summed E-state index contributed by atoms with van der Waals surface area (Å²) in [6.45, 7) is 8.28. The maximum absolute atomic E-state index is 9.75. The Morgan fingerprint density at radius 3 is 1.52 bits per heavy atom. The van der Waals surface area contributed by atoms with E-state index in [4.69, 9.17) is 4.42 Å². The van der Waals surface area contributed by atoms with Crippen molar-refractivity contribution >= 4 is 7.25 Å². The molecule has 21 heavy (non-hydrogen) atoms. The fraction of sp³-hybridized carbons (Fsp3) is 0.267. The van der Waals surface area contributed by atoms with E-state index in [9.17, 15) is 17.3 Å². The van der Waals surface area contributed by atoms with E-state index in [1.165, 1.54) is 22.3 Å². The van der Waals surface area contributed by atoms with Gasteiger partial charge in [-0.25, -0.2) is 4.42 Å². The van der Waals surface area contributed by atoms with E-state index >= 15 is 0 Å². The van der Waals surface area contributed by atoms with Crippen molar-refractivity contribution in [2.75, 3.05) is 0 Å². The molecule has 0 saturated heterocycles. The van der Waals surface area contributed by atoms with Crippen LogP contribution in [-0.4, -0.2) is 7.25 Å². The highest BCUT2D eigenvalue weighted by Gasteiger charge is 2.21. The predicted molar refractivity (Wildman–Crippen MR) is 77.7 cm³/mol. The van der Waals surface area contributed by atoms with Crippen LogP contribution >= 0.6 is 0 Å². The standard InChI is InChI=1S/C15H17O.BF4/c1-10-12(3)16-13(4)11(2)15(10)14-8-6-5-7-9-14;2-1(3,4)5/h5-9H,1-4H3;/q+1;-1. The molecule has 114 valence electrons. The molecule has 6 heteroatoms. The minimum atomic E-state index is -6.00. The highest BCUT2D eigenvalue weighted by Crippen LogP contribution is 2.31. The van der Waals surface area contributed by atoms with Gasteiger partial charge in [-0.2, -0.15) is 0 Å². The summed E-state index contributed by atoms with van der Waals surface area (Å²) in [5, 5.41) is 0. The average Bonchev–Trinajstić information content (AvgIpc) is 2.36. The maximum Gasteiger partial charge on any atom is 0.673 e. The molecule has 0 aliphatic rings. The first-order valence-electron chi connectivity index (χ1n) is 6.44. The van der Waals surface area contributed by atoms with Gasteiger partial charge in [0, 0.05) is 5.56 Å². The smallest absolute Gasteiger partial charge is 0.418 e. The van der Waals surface area contributed by atoms with Crippen LogP contribution in [0.15, 0.2) is 34.7 Å². The summed E-state index contributed by atoms with van der Waals surface area (Å²) < 4.78 is 44.7. The van der Waals surface area contributed by atoms with Gasteiger partial charge in [-0.05, 0) is 19.4 Å². The summed E-state index contributed by atoms with van der Waals surface area (Å²) in [6, 6.07) is 10.5. The maximum atomic E-state index is 9.75. The van der Waals surface area contributed by atoms with Crippen molar-refractivity contribution in [3.8, 4) is 11.1 Å². The predicted octanol–water partition coefficient (Wildman–Crippen LogP) is 5.76. The molecule has 1 aromatic heterocycles. The Balaban J connectivity index is 0.000000383. The van der Waals surface area contributed by atoms with Crippen LogP contribution in [0.5, 0.6) is 0 Å². The Morgan fingerprint density at radius 1 is 0.762 bits per heavy atom. The number of rotatable bonds is 1. The first-order chi connectivity index (χ1) is 9.61. The number of benzene rings is 1. The second kappa shape index (κ2) is 6.74. The number of hydrogen-bond donors (Lipinski definition) is 0. The first-order valence-corrected chi connectivity index (χ1v) is 6.44. The van der Waals surface area contributed by atoms with Gasteiger partial charge in [0.1, 0.15) is 0 Å². The zero-order valence-corrected chi connectivity index (χ0v) is 12.4. The van der Waals surface area contributed by atoms with Crippen molar-refractivity contribution in [1.82, 2.24) is 0 Å². The molecule has 0 fully saturated rings. The van der Waals surface area contributed by atoms with Crippen LogP contribution < -0.4 is 0 Å². The molecule has 1 aromatic carbocycles. The molecule has 0 spiro atoms. The third-order valence-electron chi connectivity index (χ3n) is 3.17. The lowest BCUT2D eigenvalue weighted by Crippen LogP contribution is -2.02. The summed E-state index contributed by atoms with van der Waals surface area (Å²) in [4.78, 5) is 0. The fourth-order valence-electron chi connectivity index (χ4n) is 2.05. The lowest BCUT2D eigenvalue weighted by molar-refractivity contribution is 0.368. The average molecular weight is 300 g/mol. The first kappa shape index (κ1) is 17.2. The Hall–Kier alpha value is -1.85. The second-order valence-electron chi connectivity index (χ2n) is 4.70. The second-order valence-corrected chi connectivity index (χ2v) is 4.70. The van der Waals surface area contributed by atoms with Crippen LogP contribution in [0, 0.1) is 27.7 Å². The molecule has 1 heterocycles. The monoisotopic (exact) mass is 300 g/mol. The van der Waals surface area contributed by atoms with E-state index < -0.39 is 7.25 Å². The van der Waals surface area contributed by atoms with Gasteiger partial charge in [-0.3, -0.25) is 0 Å². The SMILES string of the molecule is Cc1[o+]c(C)c(C)c(-c2ccccc2)c1C.F[B-](F)(F)F. The summed E-state index contributed by atoms with van der Waals surface area (Å²) >= 11 is 0. The molecule has 1 nitrogen and oxygen atoms in total. The Labute approximate surface area is 121 Å². The van der Waals surface area contributed by atoms with Crippen molar-refractivity contribution < 1.29 is 21.7 Å². The van der Waals surface area contributed by atoms with Gasteiger partial charge in [0.05, 0.1) is 25.0 Å². The van der Waals surface area contributed by atoms with Gasteiger partial charge in [-0.1, -0.05) is 30.3 Å². The topological polar surface area (TPSA) is 11.3 Å². The van der Waals surface area contributed by atoms with E-state index in [-0.39, 0.29) is 0 Å². The molecule has 0 amide bonds. The number of halogens is 4. The largest absolute Gasteiger partial charge is 0.673 e. The van der Waals surface area contributed by atoms with E-state index in [2.05, 4.69) is 38.1 Å². The quantitative estimate of drug-likeness (QED) is 0.370. The Morgan fingerprint density at radius 2 is 1.14 bits per heavy atom. The van der Waals surface area contributed by atoms with Gasteiger partial charge in [-0.15, -0.1) is 0 Å². The van der Waals surface area contributed by atoms with Crippen LogP contribution in [-0.2, 0) is 0 Å². The molecule has 0 saturated carbocycles. The number of hydrogen-bond acceptors (Lipinski definition) is 0. The molecular formula is C15H17BF4O. The van der Waals surface area contributed by atoms with E-state index in [0.29, 0.717) is 0 Å². The van der Waals surface area contributed by atoms with Crippen molar-refractivity contribution in [3.63, 3.8) is 0 Å². The van der Waals surface area contributed by atoms with Crippen molar-refractivity contribution in [2.24, 2.45) is 0 Å². The van der Waals surface area contributed by atoms with Gasteiger partial charge < -0.3 is 17.3 Å². The third-order valence-corrected chi connectivity index (χ3v) is 3.17. The van der Waals surface area contributed by atoms with Crippen LogP contribution in [0.1, 0.15) is 22.6 Å². The van der Waals surface area contributed by atoms with E-state index in [1.807, 2.05) is 19.9 Å². The minimum absolute atomic E-state index is 1.00. The lowest BCUT2D eigenvalue weighted by Gasteiger charge is -2.07. The molecule has 0 bridgehead atoms. The summed E-state index contributed by atoms with van der Waals surface area (Å²) in [5.41, 5.74) is 5.03. The van der Waals surface area contributed by atoms with Gasteiger partial charge in [0.25, 0.3) is 0 Å². The summed E-state index contributed by atoms with van der Waals surface area (Å²) in [7, 11) is -6.00. The lowest BCUT2D eigenvalue weighted by atomic mass is 9.95. The van der Waals surface area contributed by atoms with Crippen molar-refractivity contribution in [1.29, 1.82) is 0 Å². The fourth-order valence-corrected chi connectivity index (χ4v) is 2.05. The molecule has 2 rings (SSSR count). The van der Waals surface area contributed by atoms with Crippen LogP contribution in [0.25, 0.3) is 11.1 Å². The normalized spacial score (nSPS) is 10.9. The van der Waals surface area contributed by atoms with Crippen LogP contribution in [0.4, 0.5) is 17.3 Å². The zero-order chi connectivity index (χ0) is 16.2. The summed E-state index contributed by atoms with van der Waals surface area (Å²) in [5.74, 6) is 2.00. The molecule has 0 radical (unpaired) electrons. The summed E-state index contributed by atoms with van der Waals surface area (Å²) in [6.07, 6.45) is 0. The Bertz CT molecular complexity index is 577. The molecule has 0 aliphatic heterocycles. The molecule has 2 aromatic rings. The van der Waals surface area contributed by atoms with E-state index in [0.717, 1.165) is 11.5 Å². The van der Waals surface area contributed by atoms with Crippen LogP contribution in [0.3, 0.4) is 0 Å². The molecular weight excluding hydrogens is 283 g/mol. The third kappa shape index (κ3) is 5.21. The highest BCUT2D eigenvalue weighted by atomic mass is 19.5. The van der Waals surface area contributed by atoms with E-state index in [1.54, 1.807) is 0 Å². The molecule has 0 unspecified atom stereocenters. The molecule has 0 atom stereocenters. The van der Waals surface area contributed by atoms with Gasteiger partial charge in [0.15, 0.2) is 0 Å². The minimum Gasteiger partial charge on any atom is -0.418 e.